The summed E-state index contributed by atoms with van der Waals surface area (Å²) in [7, 11) is 0. The quantitative estimate of drug-likeness (QED) is 0.710. The first-order valence-electron chi connectivity index (χ1n) is 7.71. The highest BCUT2D eigenvalue weighted by molar-refractivity contribution is 8.07. The Hall–Kier alpha value is 0.660. The van der Waals surface area contributed by atoms with Gasteiger partial charge in [0.2, 0.25) is 0 Å². The van der Waals surface area contributed by atoms with Gasteiger partial charge in [0.15, 0.2) is 0 Å². The minimum atomic E-state index is 0.715. The zero-order valence-electron chi connectivity index (χ0n) is 12.6. The summed E-state index contributed by atoms with van der Waals surface area (Å²) in [6, 6.07) is 0.715. The van der Waals surface area contributed by atoms with Crippen LogP contribution in [0.4, 0.5) is 0 Å². The van der Waals surface area contributed by atoms with Gasteiger partial charge in [-0.05, 0) is 31.7 Å². The fourth-order valence-corrected chi connectivity index (χ4v) is 6.25. The lowest BCUT2D eigenvalue weighted by atomic mass is 9.92. The fourth-order valence-electron chi connectivity index (χ4n) is 2.86. The zero-order valence-corrected chi connectivity index (χ0v) is 14.2. The number of hydrogen-bond donors (Lipinski definition) is 1. The SMILES string of the molecule is CCCNC(C(C)CCC)C1SCCSC1CC. The van der Waals surface area contributed by atoms with Crippen LogP contribution in [0, 0.1) is 5.92 Å². The van der Waals surface area contributed by atoms with Gasteiger partial charge in [0.1, 0.15) is 0 Å². The Balaban J connectivity index is 2.65. The third-order valence-corrected chi connectivity index (χ3v) is 7.21. The summed E-state index contributed by atoms with van der Waals surface area (Å²) in [6.07, 6.45) is 5.24. The lowest BCUT2D eigenvalue weighted by Crippen LogP contribution is -2.49. The first kappa shape index (κ1) is 16.7. The van der Waals surface area contributed by atoms with E-state index in [1.54, 1.807) is 0 Å². The summed E-state index contributed by atoms with van der Waals surface area (Å²) in [5.41, 5.74) is 0. The third-order valence-electron chi connectivity index (χ3n) is 3.84. The summed E-state index contributed by atoms with van der Waals surface area (Å²) < 4.78 is 0. The first-order chi connectivity index (χ1) is 8.74. The van der Waals surface area contributed by atoms with Gasteiger partial charge in [-0.25, -0.2) is 0 Å². The second kappa shape index (κ2) is 9.55. The molecule has 0 saturated carbocycles. The van der Waals surface area contributed by atoms with E-state index in [4.69, 9.17) is 0 Å². The Kier molecular flexibility index (Phi) is 8.86. The second-order valence-electron chi connectivity index (χ2n) is 5.40. The molecule has 0 aliphatic carbocycles. The highest BCUT2D eigenvalue weighted by Crippen LogP contribution is 2.37. The Morgan fingerprint density at radius 1 is 1.11 bits per heavy atom. The van der Waals surface area contributed by atoms with Crippen molar-refractivity contribution in [3.63, 3.8) is 0 Å². The van der Waals surface area contributed by atoms with Gasteiger partial charge in [-0.15, -0.1) is 0 Å². The number of thioether (sulfide) groups is 2. The van der Waals surface area contributed by atoms with Crippen molar-refractivity contribution >= 4 is 23.5 Å². The molecule has 1 rings (SSSR count). The van der Waals surface area contributed by atoms with Crippen molar-refractivity contribution in [3.05, 3.63) is 0 Å². The second-order valence-corrected chi connectivity index (χ2v) is 8.03. The normalized spacial score (nSPS) is 28.0. The van der Waals surface area contributed by atoms with Gasteiger partial charge in [0, 0.05) is 28.0 Å². The minimum Gasteiger partial charge on any atom is -0.313 e. The van der Waals surface area contributed by atoms with E-state index < -0.39 is 0 Å². The lowest BCUT2D eigenvalue weighted by Gasteiger charge is -2.39. The van der Waals surface area contributed by atoms with E-state index in [9.17, 15) is 0 Å². The lowest BCUT2D eigenvalue weighted by molar-refractivity contribution is 0.340. The van der Waals surface area contributed by atoms with Crippen molar-refractivity contribution in [2.45, 2.75) is 69.9 Å². The molecule has 4 atom stereocenters. The van der Waals surface area contributed by atoms with Gasteiger partial charge < -0.3 is 5.32 Å². The van der Waals surface area contributed by atoms with Gasteiger partial charge >= 0.3 is 0 Å². The van der Waals surface area contributed by atoms with E-state index in [1.165, 1.54) is 43.7 Å². The Labute approximate surface area is 123 Å². The van der Waals surface area contributed by atoms with Crippen molar-refractivity contribution in [1.82, 2.24) is 5.32 Å². The molecule has 108 valence electrons. The van der Waals surface area contributed by atoms with Crippen molar-refractivity contribution in [2.75, 3.05) is 18.1 Å². The van der Waals surface area contributed by atoms with E-state index in [0.717, 1.165) is 16.4 Å². The standard InChI is InChI=1S/C15H31NS2/c1-5-8-12(4)14(16-9-6-2)15-13(7-3)17-10-11-18-15/h12-16H,5-11H2,1-4H3. The average molecular weight is 290 g/mol. The molecule has 1 heterocycles. The van der Waals surface area contributed by atoms with Crippen LogP contribution >= 0.6 is 23.5 Å². The molecule has 4 unspecified atom stereocenters. The van der Waals surface area contributed by atoms with Gasteiger partial charge in [-0.1, -0.05) is 34.1 Å². The highest BCUT2D eigenvalue weighted by atomic mass is 32.2. The molecular weight excluding hydrogens is 258 g/mol. The summed E-state index contributed by atoms with van der Waals surface area (Å²) in [5.74, 6) is 3.50. The molecule has 1 fully saturated rings. The highest BCUT2D eigenvalue weighted by Gasteiger charge is 2.34. The van der Waals surface area contributed by atoms with Crippen LogP contribution in [0.1, 0.15) is 53.4 Å². The largest absolute Gasteiger partial charge is 0.313 e. The fraction of sp³-hybridized carbons (Fsp3) is 1.00. The van der Waals surface area contributed by atoms with Crippen molar-refractivity contribution in [2.24, 2.45) is 5.92 Å². The molecular formula is C15H31NS2. The molecule has 1 aliphatic rings. The topological polar surface area (TPSA) is 12.0 Å². The molecule has 1 N–H and O–H groups in total. The molecule has 3 heteroatoms. The predicted octanol–water partition coefficient (Wildman–Crippen LogP) is 4.42. The van der Waals surface area contributed by atoms with Crippen LogP contribution in [0.25, 0.3) is 0 Å². The third kappa shape index (κ3) is 4.97. The molecule has 0 aromatic rings. The molecule has 1 nitrogen and oxygen atoms in total. The maximum atomic E-state index is 3.85. The Morgan fingerprint density at radius 2 is 1.83 bits per heavy atom. The molecule has 0 bridgehead atoms. The van der Waals surface area contributed by atoms with Crippen LogP contribution in [0.5, 0.6) is 0 Å². The molecule has 0 radical (unpaired) electrons. The van der Waals surface area contributed by atoms with E-state index in [-0.39, 0.29) is 0 Å². The van der Waals surface area contributed by atoms with Crippen LogP contribution in [0.3, 0.4) is 0 Å². The molecule has 0 aromatic carbocycles. The summed E-state index contributed by atoms with van der Waals surface area (Å²) >= 11 is 4.43. The summed E-state index contributed by atoms with van der Waals surface area (Å²) in [6.45, 7) is 10.6. The molecule has 0 spiro atoms. The van der Waals surface area contributed by atoms with Gasteiger partial charge in [0.25, 0.3) is 0 Å². The van der Waals surface area contributed by atoms with E-state index in [2.05, 4.69) is 56.5 Å². The van der Waals surface area contributed by atoms with Crippen molar-refractivity contribution < 1.29 is 0 Å². The van der Waals surface area contributed by atoms with E-state index in [1.807, 2.05) is 0 Å². The number of rotatable bonds is 8. The van der Waals surface area contributed by atoms with E-state index >= 15 is 0 Å². The maximum Gasteiger partial charge on any atom is 0.0322 e. The number of nitrogens with one attached hydrogen (secondary N) is 1. The van der Waals surface area contributed by atoms with Gasteiger partial charge in [-0.2, -0.15) is 23.5 Å². The zero-order chi connectivity index (χ0) is 13.4. The van der Waals surface area contributed by atoms with Crippen molar-refractivity contribution in [3.8, 4) is 0 Å². The Morgan fingerprint density at radius 3 is 2.44 bits per heavy atom. The summed E-state index contributed by atoms with van der Waals surface area (Å²) in [4.78, 5) is 0. The average Bonchev–Trinajstić information content (AvgIpc) is 2.40. The van der Waals surface area contributed by atoms with Gasteiger partial charge in [0.05, 0.1) is 0 Å². The minimum absolute atomic E-state index is 0.715. The van der Waals surface area contributed by atoms with Crippen LogP contribution < -0.4 is 5.32 Å². The smallest absolute Gasteiger partial charge is 0.0322 e. The molecule has 1 aliphatic heterocycles. The van der Waals surface area contributed by atoms with Crippen LogP contribution in [0.15, 0.2) is 0 Å². The van der Waals surface area contributed by atoms with Gasteiger partial charge in [-0.3, -0.25) is 0 Å². The van der Waals surface area contributed by atoms with Crippen LogP contribution in [-0.2, 0) is 0 Å². The van der Waals surface area contributed by atoms with Crippen LogP contribution in [-0.4, -0.2) is 34.6 Å². The predicted molar refractivity (Wildman–Crippen MR) is 88.9 cm³/mol. The molecule has 0 amide bonds. The first-order valence-corrected chi connectivity index (χ1v) is 9.80. The Bertz CT molecular complexity index is 211. The number of hydrogen-bond acceptors (Lipinski definition) is 3. The maximum absolute atomic E-state index is 3.85. The monoisotopic (exact) mass is 289 g/mol. The van der Waals surface area contributed by atoms with Crippen LogP contribution in [0.2, 0.25) is 0 Å². The van der Waals surface area contributed by atoms with Crippen molar-refractivity contribution in [1.29, 1.82) is 0 Å². The molecule has 1 saturated heterocycles. The van der Waals surface area contributed by atoms with E-state index in [0.29, 0.717) is 6.04 Å². The summed E-state index contributed by atoms with van der Waals surface area (Å²) in [5, 5.41) is 5.53. The molecule has 18 heavy (non-hydrogen) atoms. The molecule has 0 aromatic heterocycles.